The van der Waals surface area contributed by atoms with Gasteiger partial charge in [-0.1, -0.05) is 66.7 Å². The number of pyridine rings is 3. The van der Waals surface area contributed by atoms with Gasteiger partial charge in [0, 0.05) is 62.6 Å². The average Bonchev–Trinajstić information content (AvgIpc) is 3.83. The molecule has 0 atom stereocenters. The quantitative estimate of drug-likeness (QED) is 0.184. The monoisotopic (exact) mass is 665 g/mol. The van der Waals surface area contributed by atoms with Gasteiger partial charge in [-0.15, -0.1) is 0 Å². The summed E-state index contributed by atoms with van der Waals surface area (Å²) >= 11 is 0. The van der Waals surface area contributed by atoms with E-state index < -0.39 is 5.41 Å². The van der Waals surface area contributed by atoms with Gasteiger partial charge in [-0.25, -0.2) is 0 Å². The van der Waals surface area contributed by atoms with Gasteiger partial charge in [-0.2, -0.15) is 0 Å². The van der Waals surface area contributed by atoms with Gasteiger partial charge in [0.15, 0.2) is 0 Å². The van der Waals surface area contributed by atoms with Crippen molar-refractivity contribution in [2.24, 2.45) is 0 Å². The molecule has 0 N–H and O–H groups in total. The van der Waals surface area contributed by atoms with Crippen molar-refractivity contribution < 1.29 is 4.74 Å². The van der Waals surface area contributed by atoms with Gasteiger partial charge in [0.2, 0.25) is 0 Å². The lowest BCUT2D eigenvalue weighted by Crippen LogP contribution is -2.32. The minimum atomic E-state index is -0.649. The largest absolute Gasteiger partial charge is 0.457 e. The standard InChI is InChI=1S/C46H27N5O/c1-4-14-38-30(9-1)32-21-24-47-27-41(32)51(38)28-17-19-40-33(25-28)31-10-2-5-15-39(31)50(40)29-18-20-43-37(26-29)46(34-11-3-6-16-42(34)52-43)35-12-7-22-48-44(35)45-36(46)13-8-23-49-45/h1-27H. The first-order valence-electron chi connectivity index (χ1n) is 17.5. The number of rotatable bonds is 2. The van der Waals surface area contributed by atoms with Crippen LogP contribution in [0, 0.1) is 0 Å². The molecule has 10 aromatic rings. The Hall–Kier alpha value is -7.05. The minimum absolute atomic E-state index is 0.649. The molecule has 0 bridgehead atoms. The van der Waals surface area contributed by atoms with Crippen LogP contribution >= 0.6 is 0 Å². The second-order valence-electron chi connectivity index (χ2n) is 13.6. The van der Waals surface area contributed by atoms with Crippen molar-refractivity contribution >= 4 is 43.6 Å². The predicted molar refractivity (Wildman–Crippen MR) is 206 cm³/mol. The summed E-state index contributed by atoms with van der Waals surface area (Å²) < 4.78 is 11.4. The highest BCUT2D eigenvalue weighted by atomic mass is 16.5. The van der Waals surface area contributed by atoms with Gasteiger partial charge in [-0.3, -0.25) is 15.0 Å². The molecule has 0 radical (unpaired) electrons. The number of fused-ring (bicyclic) bond motifs is 15. The Morgan fingerprint density at radius 3 is 1.79 bits per heavy atom. The molecular weight excluding hydrogens is 639 g/mol. The van der Waals surface area contributed by atoms with Crippen molar-refractivity contribution in [3.63, 3.8) is 0 Å². The van der Waals surface area contributed by atoms with E-state index >= 15 is 0 Å². The van der Waals surface area contributed by atoms with Gasteiger partial charge in [0.25, 0.3) is 0 Å². The molecule has 0 amide bonds. The summed E-state index contributed by atoms with van der Waals surface area (Å²) in [5, 5.41) is 4.79. The van der Waals surface area contributed by atoms with E-state index in [-0.39, 0.29) is 0 Å². The van der Waals surface area contributed by atoms with E-state index in [1.165, 1.54) is 21.5 Å². The smallest absolute Gasteiger partial charge is 0.132 e. The van der Waals surface area contributed by atoms with Crippen LogP contribution in [0.5, 0.6) is 11.5 Å². The predicted octanol–water partition coefficient (Wildman–Crippen LogP) is 10.5. The first-order valence-corrected chi connectivity index (χ1v) is 17.5. The third-order valence-corrected chi connectivity index (χ3v) is 11.2. The number of nitrogens with zero attached hydrogens (tertiary/aromatic N) is 5. The molecule has 0 saturated carbocycles. The van der Waals surface area contributed by atoms with E-state index in [2.05, 4.69) is 135 Å². The zero-order valence-corrected chi connectivity index (χ0v) is 27.7. The molecule has 0 fully saturated rings. The van der Waals surface area contributed by atoms with Crippen LogP contribution in [0.4, 0.5) is 0 Å². The molecule has 6 heterocycles. The van der Waals surface area contributed by atoms with E-state index in [0.29, 0.717) is 0 Å². The van der Waals surface area contributed by atoms with E-state index in [1.807, 2.05) is 43.0 Å². The van der Waals surface area contributed by atoms with Crippen molar-refractivity contribution in [2.45, 2.75) is 5.41 Å². The van der Waals surface area contributed by atoms with E-state index in [0.717, 1.165) is 78.6 Å². The number of ether oxygens (including phenoxy) is 1. The van der Waals surface area contributed by atoms with Gasteiger partial charge in [0.05, 0.1) is 45.1 Å². The first-order chi connectivity index (χ1) is 25.8. The zero-order chi connectivity index (χ0) is 34.0. The van der Waals surface area contributed by atoms with Gasteiger partial charge >= 0.3 is 0 Å². The van der Waals surface area contributed by atoms with Crippen LogP contribution in [-0.2, 0) is 5.41 Å². The second-order valence-corrected chi connectivity index (χ2v) is 13.6. The highest BCUT2D eigenvalue weighted by Gasteiger charge is 2.52. The van der Waals surface area contributed by atoms with Gasteiger partial charge < -0.3 is 13.9 Å². The lowest BCUT2D eigenvalue weighted by atomic mass is 9.66. The van der Waals surface area contributed by atoms with E-state index in [1.54, 1.807) is 0 Å². The molecule has 6 heteroatoms. The molecule has 5 aromatic heterocycles. The molecule has 12 rings (SSSR count). The average molecular weight is 666 g/mol. The summed E-state index contributed by atoms with van der Waals surface area (Å²) in [5.41, 5.74) is 12.3. The summed E-state index contributed by atoms with van der Waals surface area (Å²) in [6.45, 7) is 0. The maximum absolute atomic E-state index is 6.71. The second kappa shape index (κ2) is 10.0. The molecule has 0 unspecified atom stereocenters. The maximum Gasteiger partial charge on any atom is 0.132 e. The van der Waals surface area contributed by atoms with Crippen LogP contribution < -0.4 is 4.74 Å². The van der Waals surface area contributed by atoms with Gasteiger partial charge in [0.1, 0.15) is 11.5 Å². The first kappa shape index (κ1) is 27.7. The molecule has 6 nitrogen and oxygen atoms in total. The number of hydrogen-bond acceptors (Lipinski definition) is 4. The number of para-hydroxylation sites is 3. The Morgan fingerprint density at radius 2 is 1.00 bits per heavy atom. The Bertz CT molecular complexity index is 3040. The highest BCUT2D eigenvalue weighted by molar-refractivity contribution is 6.12. The fraction of sp³-hybridized carbons (Fsp3) is 0.0217. The number of hydrogen-bond donors (Lipinski definition) is 0. The van der Waals surface area contributed by atoms with E-state index in [4.69, 9.17) is 14.7 Å². The van der Waals surface area contributed by atoms with Crippen molar-refractivity contribution in [2.75, 3.05) is 0 Å². The third kappa shape index (κ3) is 3.41. The molecule has 52 heavy (non-hydrogen) atoms. The Balaban J connectivity index is 1.13. The van der Waals surface area contributed by atoms with Crippen molar-refractivity contribution in [1.29, 1.82) is 0 Å². The molecule has 0 saturated heterocycles. The summed E-state index contributed by atoms with van der Waals surface area (Å²) in [6, 6.07) is 49.7. The SMILES string of the molecule is c1ccc2c(c1)Oc1ccc(-n3c4ccccc4c4cc(-n5c6ccccc6c6ccncc65)ccc43)cc1C21c2cccnc2-c2ncccc21. The van der Waals surface area contributed by atoms with Crippen molar-refractivity contribution in [3.8, 4) is 34.3 Å². The summed E-state index contributed by atoms with van der Waals surface area (Å²) in [7, 11) is 0. The maximum atomic E-state index is 6.71. The number of aromatic nitrogens is 5. The fourth-order valence-electron chi connectivity index (χ4n) is 9.16. The van der Waals surface area contributed by atoms with E-state index in [9.17, 15) is 0 Å². The van der Waals surface area contributed by atoms with Gasteiger partial charge in [-0.05, 0) is 83.9 Å². The molecular formula is C46H27N5O. The highest BCUT2D eigenvalue weighted by Crippen LogP contribution is 2.61. The molecule has 1 aliphatic carbocycles. The van der Waals surface area contributed by atoms with Crippen molar-refractivity contribution in [3.05, 3.63) is 187 Å². The molecule has 1 aliphatic heterocycles. The summed E-state index contributed by atoms with van der Waals surface area (Å²) in [4.78, 5) is 14.3. The molecule has 242 valence electrons. The topological polar surface area (TPSA) is 57.8 Å². The van der Waals surface area contributed by atoms with Crippen LogP contribution in [0.3, 0.4) is 0 Å². The normalized spacial score (nSPS) is 13.7. The van der Waals surface area contributed by atoms with Crippen LogP contribution in [0.2, 0.25) is 0 Å². The summed E-state index contributed by atoms with van der Waals surface area (Å²) in [6.07, 6.45) is 7.57. The van der Waals surface area contributed by atoms with Crippen molar-refractivity contribution in [1.82, 2.24) is 24.1 Å². The molecule has 5 aromatic carbocycles. The lowest BCUT2D eigenvalue weighted by Gasteiger charge is -2.39. The minimum Gasteiger partial charge on any atom is -0.457 e. The lowest BCUT2D eigenvalue weighted by molar-refractivity contribution is 0.436. The van der Waals surface area contributed by atoms with Crippen LogP contribution in [0.25, 0.3) is 66.4 Å². The van der Waals surface area contributed by atoms with Crippen LogP contribution in [0.1, 0.15) is 22.3 Å². The molecule has 2 aliphatic rings. The summed E-state index contributed by atoms with van der Waals surface area (Å²) in [5.74, 6) is 1.68. The Morgan fingerprint density at radius 1 is 0.423 bits per heavy atom. The Kier molecular flexibility index (Phi) is 5.34. The molecule has 1 spiro atoms. The Labute approximate surface area is 297 Å². The van der Waals surface area contributed by atoms with Crippen LogP contribution in [0.15, 0.2) is 164 Å². The number of benzene rings is 5. The third-order valence-electron chi connectivity index (χ3n) is 11.2. The van der Waals surface area contributed by atoms with Crippen LogP contribution in [-0.4, -0.2) is 24.1 Å². The zero-order valence-electron chi connectivity index (χ0n) is 27.7. The fourth-order valence-corrected chi connectivity index (χ4v) is 9.16.